The quantitative estimate of drug-likeness (QED) is 0.230. The molecular formula is C8H22N4. The zero-order valence-electron chi connectivity index (χ0n) is 7.81. The second kappa shape index (κ2) is 10.8. The van der Waals surface area contributed by atoms with Crippen LogP contribution in [-0.4, -0.2) is 13.1 Å². The van der Waals surface area contributed by atoms with Gasteiger partial charge in [0.15, 0.2) is 0 Å². The first-order valence-corrected chi connectivity index (χ1v) is 4.80. The number of nitrogens with two attached hydrogens (primary N) is 2. The SMILES string of the molecule is NCCCCCCCCNNN. The highest BCUT2D eigenvalue weighted by Gasteiger charge is 1.89. The minimum absolute atomic E-state index is 0.832. The zero-order chi connectivity index (χ0) is 9.07. The van der Waals surface area contributed by atoms with Gasteiger partial charge >= 0.3 is 0 Å². The van der Waals surface area contributed by atoms with E-state index in [1.807, 2.05) is 0 Å². The summed E-state index contributed by atoms with van der Waals surface area (Å²) in [4.78, 5) is 0. The van der Waals surface area contributed by atoms with Gasteiger partial charge in [0.25, 0.3) is 0 Å². The fourth-order valence-electron chi connectivity index (χ4n) is 1.14. The normalized spacial score (nSPS) is 10.5. The van der Waals surface area contributed by atoms with E-state index in [2.05, 4.69) is 11.0 Å². The molecule has 0 amide bonds. The maximum atomic E-state index is 5.38. The van der Waals surface area contributed by atoms with Crippen molar-refractivity contribution >= 4 is 0 Å². The van der Waals surface area contributed by atoms with E-state index in [1.165, 1.54) is 38.5 Å². The maximum absolute atomic E-state index is 5.38. The van der Waals surface area contributed by atoms with E-state index in [9.17, 15) is 0 Å². The van der Waals surface area contributed by atoms with Crippen LogP contribution in [0, 0.1) is 0 Å². The number of unbranched alkanes of at least 4 members (excludes halogenated alkanes) is 5. The Hall–Kier alpha value is -0.160. The highest BCUT2D eigenvalue weighted by Crippen LogP contribution is 2.03. The van der Waals surface area contributed by atoms with Crippen LogP contribution in [-0.2, 0) is 0 Å². The van der Waals surface area contributed by atoms with Gasteiger partial charge in [-0.3, -0.25) is 5.84 Å². The first-order valence-electron chi connectivity index (χ1n) is 4.80. The van der Waals surface area contributed by atoms with E-state index in [4.69, 9.17) is 11.6 Å². The predicted octanol–water partition coefficient (Wildman–Crippen LogP) is 0.254. The van der Waals surface area contributed by atoms with Crippen molar-refractivity contribution in [1.29, 1.82) is 0 Å². The lowest BCUT2D eigenvalue weighted by Crippen LogP contribution is -2.38. The molecule has 0 saturated carbocycles. The van der Waals surface area contributed by atoms with Crippen LogP contribution in [0.25, 0.3) is 0 Å². The van der Waals surface area contributed by atoms with Gasteiger partial charge in [-0.1, -0.05) is 25.7 Å². The summed E-state index contributed by atoms with van der Waals surface area (Å²) in [6, 6.07) is 0. The van der Waals surface area contributed by atoms with Gasteiger partial charge in [0.05, 0.1) is 0 Å². The van der Waals surface area contributed by atoms with Crippen molar-refractivity contribution in [1.82, 2.24) is 11.0 Å². The first kappa shape index (κ1) is 11.8. The van der Waals surface area contributed by atoms with E-state index in [-0.39, 0.29) is 0 Å². The minimum atomic E-state index is 0.832. The first-order chi connectivity index (χ1) is 5.91. The smallest absolute Gasteiger partial charge is 0.0113 e. The topological polar surface area (TPSA) is 76.1 Å². The third kappa shape index (κ3) is 9.84. The summed E-state index contributed by atoms with van der Waals surface area (Å²) in [5, 5.41) is 0. The van der Waals surface area contributed by atoms with E-state index >= 15 is 0 Å². The molecule has 0 fully saturated rings. The van der Waals surface area contributed by atoms with Crippen LogP contribution in [0.1, 0.15) is 38.5 Å². The molecule has 4 heteroatoms. The number of nitrogens with one attached hydrogen (secondary N) is 2. The van der Waals surface area contributed by atoms with Crippen molar-refractivity contribution in [3.63, 3.8) is 0 Å². The Labute approximate surface area is 75.0 Å². The van der Waals surface area contributed by atoms with Crippen LogP contribution in [0.4, 0.5) is 0 Å². The van der Waals surface area contributed by atoms with Crippen molar-refractivity contribution in [2.45, 2.75) is 38.5 Å². The van der Waals surface area contributed by atoms with Gasteiger partial charge < -0.3 is 5.73 Å². The van der Waals surface area contributed by atoms with Gasteiger partial charge in [-0.15, -0.1) is 0 Å². The van der Waals surface area contributed by atoms with Crippen molar-refractivity contribution in [2.24, 2.45) is 11.6 Å². The van der Waals surface area contributed by atoms with Gasteiger partial charge in [0, 0.05) is 6.54 Å². The third-order valence-corrected chi connectivity index (χ3v) is 1.86. The van der Waals surface area contributed by atoms with Crippen molar-refractivity contribution in [3.05, 3.63) is 0 Å². The molecule has 0 heterocycles. The van der Waals surface area contributed by atoms with Gasteiger partial charge in [-0.25, -0.2) is 5.43 Å². The third-order valence-electron chi connectivity index (χ3n) is 1.86. The molecule has 4 nitrogen and oxygen atoms in total. The molecule has 0 aromatic carbocycles. The predicted molar refractivity (Wildman–Crippen MR) is 52.1 cm³/mol. The number of hydrazine groups is 2. The average molecular weight is 174 g/mol. The molecule has 0 unspecified atom stereocenters. The molecule has 0 aromatic rings. The standard InChI is InChI=1S/C8H22N4/c9-7-5-3-1-2-4-6-8-11-12-10/h11-12H,1-10H2. The lowest BCUT2D eigenvalue weighted by Gasteiger charge is -2.02. The summed E-state index contributed by atoms with van der Waals surface area (Å²) in [5.41, 5.74) is 10.6. The summed E-state index contributed by atoms with van der Waals surface area (Å²) in [6.07, 6.45) is 7.53. The largest absolute Gasteiger partial charge is 0.330 e. The monoisotopic (exact) mass is 174 g/mol. The van der Waals surface area contributed by atoms with Crippen LogP contribution in [0.15, 0.2) is 0 Å². The second-order valence-electron chi connectivity index (χ2n) is 2.98. The Morgan fingerprint density at radius 1 is 0.833 bits per heavy atom. The molecule has 0 radical (unpaired) electrons. The molecule has 12 heavy (non-hydrogen) atoms. The fraction of sp³-hybridized carbons (Fsp3) is 1.00. The molecule has 0 spiro atoms. The van der Waals surface area contributed by atoms with Crippen molar-refractivity contribution in [3.8, 4) is 0 Å². The molecule has 0 aromatic heterocycles. The Morgan fingerprint density at radius 3 is 2.00 bits per heavy atom. The molecule has 0 aliphatic rings. The molecule has 0 saturated heterocycles. The van der Waals surface area contributed by atoms with Gasteiger partial charge in [-0.2, -0.15) is 5.53 Å². The molecule has 0 bridgehead atoms. The Bertz CT molecular complexity index is 67.5. The summed E-state index contributed by atoms with van der Waals surface area (Å²) in [7, 11) is 0. The molecule has 6 N–H and O–H groups in total. The van der Waals surface area contributed by atoms with Crippen molar-refractivity contribution in [2.75, 3.05) is 13.1 Å². The van der Waals surface area contributed by atoms with E-state index in [0.29, 0.717) is 0 Å². The zero-order valence-corrected chi connectivity index (χ0v) is 7.81. The summed E-state index contributed by atoms with van der Waals surface area (Å²) >= 11 is 0. The Balaban J connectivity index is 2.73. The highest BCUT2D eigenvalue weighted by molar-refractivity contribution is 4.46. The minimum Gasteiger partial charge on any atom is -0.330 e. The molecule has 0 rings (SSSR count). The summed E-state index contributed by atoms with van der Waals surface area (Å²) < 4.78 is 0. The molecule has 0 atom stereocenters. The maximum Gasteiger partial charge on any atom is 0.0113 e. The highest BCUT2D eigenvalue weighted by atomic mass is 15.5. The van der Waals surface area contributed by atoms with Gasteiger partial charge in [-0.05, 0) is 19.4 Å². The average Bonchev–Trinajstić information content (AvgIpc) is 2.10. The number of rotatable bonds is 9. The van der Waals surface area contributed by atoms with Crippen LogP contribution >= 0.6 is 0 Å². The number of hydrogen-bond acceptors (Lipinski definition) is 4. The van der Waals surface area contributed by atoms with E-state index < -0.39 is 0 Å². The Morgan fingerprint density at radius 2 is 1.42 bits per heavy atom. The molecule has 0 aliphatic carbocycles. The van der Waals surface area contributed by atoms with Crippen LogP contribution in [0.3, 0.4) is 0 Å². The second-order valence-corrected chi connectivity index (χ2v) is 2.98. The van der Waals surface area contributed by atoms with Gasteiger partial charge in [0.2, 0.25) is 0 Å². The molecule has 74 valence electrons. The molecular weight excluding hydrogens is 152 g/mol. The lowest BCUT2D eigenvalue weighted by atomic mass is 10.1. The molecule has 0 aliphatic heterocycles. The lowest BCUT2D eigenvalue weighted by molar-refractivity contribution is 0.512. The Kier molecular flexibility index (Phi) is 10.7. The van der Waals surface area contributed by atoms with E-state index in [0.717, 1.165) is 13.1 Å². The van der Waals surface area contributed by atoms with E-state index in [1.54, 1.807) is 0 Å². The van der Waals surface area contributed by atoms with Crippen LogP contribution in [0.5, 0.6) is 0 Å². The van der Waals surface area contributed by atoms with Crippen LogP contribution < -0.4 is 22.5 Å². The van der Waals surface area contributed by atoms with Crippen molar-refractivity contribution < 1.29 is 0 Å². The summed E-state index contributed by atoms with van der Waals surface area (Å²) in [6.45, 7) is 1.78. The fourth-order valence-corrected chi connectivity index (χ4v) is 1.14. The van der Waals surface area contributed by atoms with Crippen LogP contribution in [0.2, 0.25) is 0 Å². The van der Waals surface area contributed by atoms with Gasteiger partial charge in [0.1, 0.15) is 0 Å². The number of hydrogen-bond donors (Lipinski definition) is 4. The summed E-state index contributed by atoms with van der Waals surface area (Å²) in [5.74, 6) is 5.03.